The predicted molar refractivity (Wildman–Crippen MR) is 99.7 cm³/mol. The molecule has 3 aromatic rings. The zero-order valence-corrected chi connectivity index (χ0v) is 15.1. The second-order valence-electron chi connectivity index (χ2n) is 5.79. The zero-order valence-electron chi connectivity index (χ0n) is 14.2. The standard InChI is InChI=1S/C20H18FNO2S/c1-22(2)20(23)18-12-17(13-6-10-16(24-3)11-7-13)19(25-18)14-4-8-15(21)9-5-14/h4-12H,1-3H3. The van der Waals surface area contributed by atoms with Crippen molar-refractivity contribution in [1.82, 2.24) is 4.90 Å². The maximum atomic E-state index is 13.3. The molecule has 0 spiro atoms. The molecule has 128 valence electrons. The topological polar surface area (TPSA) is 29.5 Å². The van der Waals surface area contributed by atoms with Gasteiger partial charge in [0.25, 0.3) is 5.91 Å². The molecular weight excluding hydrogens is 337 g/mol. The van der Waals surface area contributed by atoms with Gasteiger partial charge in [0.1, 0.15) is 11.6 Å². The van der Waals surface area contributed by atoms with Crippen LogP contribution in [0, 0.1) is 5.82 Å². The largest absolute Gasteiger partial charge is 0.497 e. The highest BCUT2D eigenvalue weighted by atomic mass is 32.1. The van der Waals surface area contributed by atoms with E-state index in [0.717, 1.165) is 27.3 Å². The van der Waals surface area contributed by atoms with Crippen molar-refractivity contribution >= 4 is 17.2 Å². The molecular formula is C20H18FNO2S. The summed E-state index contributed by atoms with van der Waals surface area (Å²) in [5.74, 6) is 0.441. The zero-order chi connectivity index (χ0) is 18.0. The van der Waals surface area contributed by atoms with Gasteiger partial charge in [0.2, 0.25) is 0 Å². The summed E-state index contributed by atoms with van der Waals surface area (Å²) in [4.78, 5) is 15.5. The summed E-state index contributed by atoms with van der Waals surface area (Å²) < 4.78 is 18.5. The fourth-order valence-corrected chi connectivity index (χ4v) is 3.72. The van der Waals surface area contributed by atoms with E-state index in [1.807, 2.05) is 30.3 Å². The summed E-state index contributed by atoms with van der Waals surface area (Å²) >= 11 is 1.41. The Kier molecular flexibility index (Phi) is 4.86. The molecule has 0 bridgehead atoms. The number of carbonyl (C=O) groups excluding carboxylic acids is 1. The molecule has 3 rings (SSSR count). The minimum Gasteiger partial charge on any atom is -0.497 e. The molecule has 0 unspecified atom stereocenters. The minimum atomic E-state index is -0.282. The highest BCUT2D eigenvalue weighted by molar-refractivity contribution is 7.18. The lowest BCUT2D eigenvalue weighted by molar-refractivity contribution is 0.0832. The van der Waals surface area contributed by atoms with Crippen molar-refractivity contribution in [2.75, 3.05) is 21.2 Å². The van der Waals surface area contributed by atoms with Gasteiger partial charge in [-0.25, -0.2) is 4.39 Å². The van der Waals surface area contributed by atoms with Gasteiger partial charge in [0, 0.05) is 24.5 Å². The monoisotopic (exact) mass is 355 g/mol. The maximum Gasteiger partial charge on any atom is 0.263 e. The van der Waals surface area contributed by atoms with Gasteiger partial charge >= 0.3 is 0 Å². The number of halogens is 1. The van der Waals surface area contributed by atoms with Gasteiger partial charge in [-0.1, -0.05) is 24.3 Å². The van der Waals surface area contributed by atoms with E-state index in [9.17, 15) is 9.18 Å². The van der Waals surface area contributed by atoms with E-state index in [4.69, 9.17) is 4.74 Å². The van der Waals surface area contributed by atoms with Crippen molar-refractivity contribution in [3.8, 4) is 27.3 Å². The van der Waals surface area contributed by atoms with Gasteiger partial charge in [-0.15, -0.1) is 11.3 Å². The number of nitrogens with zero attached hydrogens (tertiary/aromatic N) is 1. The Hall–Kier alpha value is -2.66. The average Bonchev–Trinajstić information content (AvgIpc) is 3.07. The van der Waals surface area contributed by atoms with Crippen LogP contribution in [0.1, 0.15) is 9.67 Å². The van der Waals surface area contributed by atoms with Gasteiger partial charge in [-0.2, -0.15) is 0 Å². The fourth-order valence-electron chi connectivity index (χ4n) is 2.52. The number of hydrogen-bond acceptors (Lipinski definition) is 3. The normalized spacial score (nSPS) is 10.6. The van der Waals surface area contributed by atoms with Crippen LogP contribution in [0.3, 0.4) is 0 Å². The van der Waals surface area contributed by atoms with Crippen molar-refractivity contribution in [2.45, 2.75) is 0 Å². The van der Waals surface area contributed by atoms with Crippen LogP contribution in [0.5, 0.6) is 5.75 Å². The van der Waals surface area contributed by atoms with E-state index in [-0.39, 0.29) is 11.7 Å². The second kappa shape index (κ2) is 7.07. The molecule has 0 saturated carbocycles. The summed E-state index contributed by atoms with van der Waals surface area (Å²) in [6.45, 7) is 0. The predicted octanol–water partition coefficient (Wildman–Crippen LogP) is 4.93. The highest BCUT2D eigenvalue weighted by Gasteiger charge is 2.18. The summed E-state index contributed by atoms with van der Waals surface area (Å²) in [6, 6.07) is 15.9. The number of methoxy groups -OCH3 is 1. The fraction of sp³-hybridized carbons (Fsp3) is 0.150. The Labute approximate surface area is 150 Å². The van der Waals surface area contributed by atoms with E-state index in [1.54, 1.807) is 38.2 Å². The summed E-state index contributed by atoms with van der Waals surface area (Å²) in [5, 5.41) is 0. The lowest BCUT2D eigenvalue weighted by atomic mass is 10.0. The summed E-state index contributed by atoms with van der Waals surface area (Å²) in [7, 11) is 5.08. The molecule has 5 heteroatoms. The maximum absolute atomic E-state index is 13.3. The van der Waals surface area contributed by atoms with E-state index in [2.05, 4.69) is 0 Å². The Balaban J connectivity index is 2.13. The van der Waals surface area contributed by atoms with Crippen LogP contribution in [-0.2, 0) is 0 Å². The van der Waals surface area contributed by atoms with Crippen molar-refractivity contribution in [1.29, 1.82) is 0 Å². The molecule has 1 aromatic heterocycles. The lowest BCUT2D eigenvalue weighted by Crippen LogP contribution is -2.20. The van der Waals surface area contributed by atoms with Gasteiger partial charge in [-0.3, -0.25) is 4.79 Å². The van der Waals surface area contributed by atoms with Crippen molar-refractivity contribution in [3.63, 3.8) is 0 Å². The molecule has 25 heavy (non-hydrogen) atoms. The van der Waals surface area contributed by atoms with Gasteiger partial charge in [0.05, 0.1) is 12.0 Å². The summed E-state index contributed by atoms with van der Waals surface area (Å²) in [6.07, 6.45) is 0. The molecule has 0 aliphatic carbocycles. The lowest BCUT2D eigenvalue weighted by Gasteiger charge is -2.07. The molecule has 0 atom stereocenters. The molecule has 3 nitrogen and oxygen atoms in total. The first-order valence-corrected chi connectivity index (χ1v) is 8.57. The molecule has 2 aromatic carbocycles. The Bertz CT molecular complexity index is 883. The number of ether oxygens (including phenoxy) is 1. The minimum absolute atomic E-state index is 0.0480. The van der Waals surface area contributed by atoms with E-state index in [0.29, 0.717) is 4.88 Å². The second-order valence-corrected chi connectivity index (χ2v) is 6.84. The average molecular weight is 355 g/mol. The number of rotatable bonds is 4. The van der Waals surface area contributed by atoms with Crippen LogP contribution >= 0.6 is 11.3 Å². The smallest absolute Gasteiger partial charge is 0.263 e. The number of amides is 1. The van der Waals surface area contributed by atoms with Crippen LogP contribution in [0.25, 0.3) is 21.6 Å². The SMILES string of the molecule is COc1ccc(-c2cc(C(=O)N(C)C)sc2-c2ccc(F)cc2)cc1. The Morgan fingerprint density at radius 1 is 1.00 bits per heavy atom. The highest BCUT2D eigenvalue weighted by Crippen LogP contribution is 2.40. The molecule has 0 saturated heterocycles. The molecule has 0 aliphatic heterocycles. The molecule has 0 aliphatic rings. The van der Waals surface area contributed by atoms with Gasteiger partial charge < -0.3 is 9.64 Å². The number of carbonyl (C=O) groups is 1. The first kappa shape index (κ1) is 17.2. The Morgan fingerprint density at radius 2 is 1.60 bits per heavy atom. The number of thiophene rings is 1. The van der Waals surface area contributed by atoms with E-state index >= 15 is 0 Å². The van der Waals surface area contributed by atoms with Crippen LogP contribution in [0.15, 0.2) is 54.6 Å². The first-order valence-electron chi connectivity index (χ1n) is 7.75. The van der Waals surface area contributed by atoms with Crippen LogP contribution in [0.4, 0.5) is 4.39 Å². The van der Waals surface area contributed by atoms with Gasteiger partial charge in [0.15, 0.2) is 0 Å². The van der Waals surface area contributed by atoms with E-state index in [1.165, 1.54) is 23.5 Å². The van der Waals surface area contributed by atoms with Crippen molar-refractivity contribution in [2.24, 2.45) is 0 Å². The van der Waals surface area contributed by atoms with Crippen LogP contribution in [-0.4, -0.2) is 32.0 Å². The third-order valence-electron chi connectivity index (χ3n) is 3.86. The molecule has 1 amide bonds. The van der Waals surface area contributed by atoms with Crippen molar-refractivity contribution in [3.05, 3.63) is 65.3 Å². The van der Waals surface area contributed by atoms with Crippen LogP contribution < -0.4 is 4.74 Å². The number of hydrogen-bond donors (Lipinski definition) is 0. The molecule has 0 radical (unpaired) electrons. The summed E-state index contributed by atoms with van der Waals surface area (Å²) in [5.41, 5.74) is 2.81. The Morgan fingerprint density at radius 3 is 2.16 bits per heavy atom. The number of benzene rings is 2. The van der Waals surface area contributed by atoms with Crippen LogP contribution in [0.2, 0.25) is 0 Å². The third kappa shape index (κ3) is 3.56. The molecule has 1 heterocycles. The van der Waals surface area contributed by atoms with E-state index < -0.39 is 0 Å². The quantitative estimate of drug-likeness (QED) is 0.664. The first-order chi connectivity index (χ1) is 12.0. The van der Waals surface area contributed by atoms with Gasteiger partial charge in [-0.05, 0) is 41.5 Å². The molecule has 0 N–H and O–H groups in total. The van der Waals surface area contributed by atoms with Crippen molar-refractivity contribution < 1.29 is 13.9 Å². The molecule has 0 fully saturated rings. The third-order valence-corrected chi connectivity index (χ3v) is 5.03.